The molecule has 15 heavy (non-hydrogen) atoms. The normalized spacial score (nSPS) is 14.9. The lowest BCUT2D eigenvalue weighted by molar-refractivity contribution is -0.137. The van der Waals surface area contributed by atoms with Gasteiger partial charge in [-0.1, -0.05) is 0 Å². The summed E-state index contributed by atoms with van der Waals surface area (Å²) < 4.78 is 0. The summed E-state index contributed by atoms with van der Waals surface area (Å²) in [7, 11) is 0. The Labute approximate surface area is 87.1 Å². The zero-order chi connectivity index (χ0) is 11.3. The second-order valence-electron chi connectivity index (χ2n) is 3.05. The third kappa shape index (κ3) is 3.17. The molecule has 0 atom stereocenters. The summed E-state index contributed by atoms with van der Waals surface area (Å²) in [6.07, 6.45) is 2.67. The average molecular weight is 211 g/mol. The van der Waals surface area contributed by atoms with E-state index in [1.54, 1.807) is 0 Å². The first-order chi connectivity index (χ1) is 7.15. The summed E-state index contributed by atoms with van der Waals surface area (Å²) in [6.45, 7) is 0.744. The van der Waals surface area contributed by atoms with E-state index in [0.29, 0.717) is 0 Å². The Morgan fingerprint density at radius 1 is 1.33 bits per heavy atom. The topological polar surface area (TPSA) is 92.5 Å². The molecule has 0 aliphatic carbocycles. The smallest absolute Gasteiger partial charge is 0.253 e. The van der Waals surface area contributed by atoms with E-state index in [0.717, 1.165) is 4.90 Å². The first kappa shape index (κ1) is 11.4. The predicted octanol–water partition coefficient (Wildman–Crippen LogP) is -1.62. The number of carbonyl (C=O) groups is 3. The highest BCUT2D eigenvalue weighted by Gasteiger charge is 2.22. The van der Waals surface area contributed by atoms with Gasteiger partial charge in [0.25, 0.3) is 11.8 Å². The molecule has 1 heterocycles. The second kappa shape index (κ2) is 5.26. The minimum Gasteiger partial charge on any atom is -0.354 e. The zero-order valence-corrected chi connectivity index (χ0v) is 8.23. The molecule has 6 heteroatoms. The van der Waals surface area contributed by atoms with Gasteiger partial charge in [0, 0.05) is 38.2 Å². The summed E-state index contributed by atoms with van der Waals surface area (Å²) in [5.41, 5.74) is 5.18. The summed E-state index contributed by atoms with van der Waals surface area (Å²) in [5.74, 6) is -0.856. The van der Waals surface area contributed by atoms with Crippen molar-refractivity contribution in [3.63, 3.8) is 0 Å². The van der Waals surface area contributed by atoms with Gasteiger partial charge in [0.15, 0.2) is 0 Å². The molecule has 0 aromatic heterocycles. The van der Waals surface area contributed by atoms with Gasteiger partial charge in [-0.05, 0) is 0 Å². The number of hydrogen-bond acceptors (Lipinski definition) is 4. The van der Waals surface area contributed by atoms with Crippen LogP contribution in [0.5, 0.6) is 0 Å². The van der Waals surface area contributed by atoms with Crippen LogP contribution in [0.1, 0.15) is 6.42 Å². The highest BCUT2D eigenvalue weighted by atomic mass is 16.2. The van der Waals surface area contributed by atoms with Gasteiger partial charge in [-0.15, -0.1) is 0 Å². The number of nitrogens with one attached hydrogen (secondary N) is 1. The lowest BCUT2D eigenvalue weighted by Gasteiger charge is -2.13. The maximum absolute atomic E-state index is 11.1. The second-order valence-corrected chi connectivity index (χ2v) is 3.05. The molecule has 3 amide bonds. The van der Waals surface area contributed by atoms with Gasteiger partial charge in [-0.25, -0.2) is 0 Å². The van der Waals surface area contributed by atoms with E-state index in [-0.39, 0.29) is 43.8 Å². The van der Waals surface area contributed by atoms with Crippen LogP contribution >= 0.6 is 0 Å². The van der Waals surface area contributed by atoms with Crippen LogP contribution in [0.15, 0.2) is 12.2 Å². The Balaban J connectivity index is 2.23. The van der Waals surface area contributed by atoms with Crippen molar-refractivity contribution in [1.29, 1.82) is 0 Å². The molecule has 3 N–H and O–H groups in total. The van der Waals surface area contributed by atoms with Crippen molar-refractivity contribution >= 4 is 17.7 Å². The summed E-state index contributed by atoms with van der Waals surface area (Å²) in [6, 6.07) is 0. The Morgan fingerprint density at radius 2 is 1.93 bits per heavy atom. The SMILES string of the molecule is NCCC(=O)NCCN1C(=O)C=CC1=O. The summed E-state index contributed by atoms with van der Waals surface area (Å²) >= 11 is 0. The predicted molar refractivity (Wildman–Crippen MR) is 52.5 cm³/mol. The zero-order valence-electron chi connectivity index (χ0n) is 8.23. The number of rotatable bonds is 5. The Hall–Kier alpha value is -1.69. The van der Waals surface area contributed by atoms with Crippen molar-refractivity contribution in [2.45, 2.75) is 6.42 Å². The Kier molecular flexibility index (Phi) is 3.99. The molecule has 1 aliphatic rings. The molecule has 0 aromatic rings. The fourth-order valence-electron chi connectivity index (χ4n) is 1.18. The molecule has 0 fully saturated rings. The van der Waals surface area contributed by atoms with E-state index >= 15 is 0 Å². The van der Waals surface area contributed by atoms with E-state index in [1.807, 2.05) is 0 Å². The van der Waals surface area contributed by atoms with Crippen molar-refractivity contribution in [3.05, 3.63) is 12.2 Å². The van der Waals surface area contributed by atoms with E-state index in [9.17, 15) is 14.4 Å². The van der Waals surface area contributed by atoms with Crippen LogP contribution < -0.4 is 11.1 Å². The number of nitrogens with zero attached hydrogens (tertiary/aromatic N) is 1. The molecule has 6 nitrogen and oxygen atoms in total. The van der Waals surface area contributed by atoms with E-state index in [4.69, 9.17) is 5.73 Å². The largest absolute Gasteiger partial charge is 0.354 e. The third-order valence-electron chi connectivity index (χ3n) is 1.93. The monoisotopic (exact) mass is 211 g/mol. The standard InChI is InChI=1S/C9H13N3O3/c10-4-3-7(13)11-5-6-12-8(14)1-2-9(12)15/h1-2H,3-6,10H2,(H,11,13). The first-order valence-corrected chi connectivity index (χ1v) is 4.65. The van der Waals surface area contributed by atoms with Crippen molar-refractivity contribution in [3.8, 4) is 0 Å². The van der Waals surface area contributed by atoms with Crippen LogP contribution in [0.25, 0.3) is 0 Å². The van der Waals surface area contributed by atoms with Gasteiger partial charge in [-0.2, -0.15) is 0 Å². The quantitative estimate of drug-likeness (QED) is 0.534. The summed E-state index contributed by atoms with van der Waals surface area (Å²) in [5, 5.41) is 2.56. The highest BCUT2D eigenvalue weighted by Crippen LogP contribution is 2.01. The minimum absolute atomic E-state index is 0.176. The van der Waals surface area contributed by atoms with Gasteiger partial charge in [0.05, 0.1) is 0 Å². The third-order valence-corrected chi connectivity index (χ3v) is 1.93. The Bertz CT molecular complexity index is 294. The molecule has 0 aromatic carbocycles. The van der Waals surface area contributed by atoms with Crippen LogP contribution in [0.2, 0.25) is 0 Å². The molecule has 1 rings (SSSR count). The van der Waals surface area contributed by atoms with Gasteiger partial charge >= 0.3 is 0 Å². The molecule has 82 valence electrons. The maximum Gasteiger partial charge on any atom is 0.253 e. The summed E-state index contributed by atoms with van der Waals surface area (Å²) in [4.78, 5) is 34.2. The molecular weight excluding hydrogens is 198 g/mol. The highest BCUT2D eigenvalue weighted by molar-refractivity contribution is 6.12. The molecule has 0 unspecified atom stereocenters. The fraction of sp³-hybridized carbons (Fsp3) is 0.444. The van der Waals surface area contributed by atoms with E-state index in [2.05, 4.69) is 5.32 Å². The number of nitrogens with two attached hydrogens (primary N) is 1. The van der Waals surface area contributed by atoms with Crippen LogP contribution in [-0.4, -0.2) is 42.3 Å². The number of hydrogen-bond donors (Lipinski definition) is 2. The van der Waals surface area contributed by atoms with Crippen LogP contribution in [0.4, 0.5) is 0 Å². The van der Waals surface area contributed by atoms with E-state index < -0.39 is 0 Å². The van der Waals surface area contributed by atoms with Crippen molar-refractivity contribution < 1.29 is 14.4 Å². The van der Waals surface area contributed by atoms with E-state index in [1.165, 1.54) is 12.2 Å². The molecule has 0 bridgehead atoms. The fourth-order valence-corrected chi connectivity index (χ4v) is 1.18. The molecule has 0 spiro atoms. The van der Waals surface area contributed by atoms with Crippen LogP contribution in [-0.2, 0) is 14.4 Å². The molecule has 1 aliphatic heterocycles. The van der Waals surface area contributed by atoms with Crippen LogP contribution in [0, 0.1) is 0 Å². The van der Waals surface area contributed by atoms with Gasteiger partial charge in [0.1, 0.15) is 0 Å². The average Bonchev–Trinajstić information content (AvgIpc) is 2.49. The van der Waals surface area contributed by atoms with Crippen molar-refractivity contribution in [2.24, 2.45) is 5.73 Å². The van der Waals surface area contributed by atoms with Crippen molar-refractivity contribution in [2.75, 3.05) is 19.6 Å². The maximum atomic E-state index is 11.1. The van der Waals surface area contributed by atoms with Gasteiger partial charge < -0.3 is 11.1 Å². The van der Waals surface area contributed by atoms with Crippen LogP contribution in [0.3, 0.4) is 0 Å². The van der Waals surface area contributed by atoms with Crippen molar-refractivity contribution in [1.82, 2.24) is 10.2 Å². The number of imide groups is 1. The molecular formula is C9H13N3O3. The lowest BCUT2D eigenvalue weighted by Crippen LogP contribution is -2.38. The minimum atomic E-state index is -0.340. The lowest BCUT2D eigenvalue weighted by atomic mass is 10.4. The Morgan fingerprint density at radius 3 is 2.47 bits per heavy atom. The molecule has 0 radical (unpaired) electrons. The number of amides is 3. The van der Waals surface area contributed by atoms with Gasteiger partial charge in [0.2, 0.25) is 5.91 Å². The molecule has 0 saturated carbocycles. The number of carbonyl (C=O) groups excluding carboxylic acids is 3. The molecule has 0 saturated heterocycles. The van der Waals surface area contributed by atoms with Gasteiger partial charge in [-0.3, -0.25) is 19.3 Å². The first-order valence-electron chi connectivity index (χ1n) is 4.65.